The summed E-state index contributed by atoms with van der Waals surface area (Å²) in [5.74, 6) is 0.366. The average molecular weight is 217 g/mol. The Morgan fingerprint density at radius 3 is 2.69 bits per heavy atom. The lowest BCUT2D eigenvalue weighted by Crippen LogP contribution is -1.94. The van der Waals surface area contributed by atoms with Gasteiger partial charge in [-0.2, -0.15) is 5.10 Å². The second-order valence-corrected chi connectivity index (χ2v) is 2.89. The zero-order valence-corrected chi connectivity index (χ0v) is 8.11. The maximum absolute atomic E-state index is 10.7. The van der Waals surface area contributed by atoms with Crippen molar-refractivity contribution in [2.24, 2.45) is 0 Å². The van der Waals surface area contributed by atoms with Gasteiger partial charge in [0.25, 0.3) is 0 Å². The molecular formula is C10H7N3O3. The van der Waals surface area contributed by atoms with Crippen molar-refractivity contribution in [1.29, 1.82) is 0 Å². The van der Waals surface area contributed by atoms with Gasteiger partial charge < -0.3 is 4.74 Å². The van der Waals surface area contributed by atoms with Crippen LogP contribution >= 0.6 is 0 Å². The number of ether oxygens (including phenoxy) is 1. The van der Waals surface area contributed by atoms with Gasteiger partial charge in [-0.1, -0.05) is 12.1 Å². The van der Waals surface area contributed by atoms with Crippen LogP contribution in [0.5, 0.6) is 11.6 Å². The van der Waals surface area contributed by atoms with E-state index in [9.17, 15) is 10.1 Å². The molecule has 0 radical (unpaired) electrons. The number of nitro groups is 1. The fraction of sp³-hybridized carbons (Fsp3) is 0. The molecule has 80 valence electrons. The lowest BCUT2D eigenvalue weighted by atomic mass is 10.3. The third-order valence-electron chi connectivity index (χ3n) is 1.82. The number of aromatic nitrogens is 2. The largest absolute Gasteiger partial charge is 0.430 e. The Labute approximate surface area is 90.7 Å². The summed E-state index contributed by atoms with van der Waals surface area (Å²) in [4.78, 5) is 10.2. The standard InChI is InChI=1S/C10H7N3O3/c14-13(15)8-4-1-2-5-9(8)16-10-6-3-7-11-12-10/h1-7H. The third kappa shape index (κ3) is 2.11. The number of nitro benzene ring substituents is 1. The maximum atomic E-state index is 10.7. The van der Waals surface area contributed by atoms with Gasteiger partial charge in [-0.25, -0.2) is 0 Å². The van der Waals surface area contributed by atoms with Gasteiger partial charge in [0.2, 0.25) is 11.6 Å². The highest BCUT2D eigenvalue weighted by Crippen LogP contribution is 2.29. The molecule has 6 heteroatoms. The molecule has 0 fully saturated rings. The van der Waals surface area contributed by atoms with Gasteiger partial charge >= 0.3 is 5.69 Å². The molecule has 0 amide bonds. The molecule has 0 aliphatic carbocycles. The normalized spacial score (nSPS) is 9.75. The SMILES string of the molecule is O=[N+]([O-])c1ccccc1Oc1cccnn1. The van der Waals surface area contributed by atoms with Gasteiger partial charge in [-0.15, -0.1) is 5.10 Å². The van der Waals surface area contributed by atoms with E-state index in [1.807, 2.05) is 0 Å². The molecule has 2 rings (SSSR count). The van der Waals surface area contributed by atoms with Crippen molar-refractivity contribution in [3.8, 4) is 11.6 Å². The van der Waals surface area contributed by atoms with Crippen LogP contribution in [0.4, 0.5) is 5.69 Å². The van der Waals surface area contributed by atoms with Gasteiger partial charge in [-0.05, 0) is 12.1 Å². The summed E-state index contributed by atoms with van der Waals surface area (Å²) in [7, 11) is 0. The van der Waals surface area contributed by atoms with E-state index in [2.05, 4.69) is 10.2 Å². The summed E-state index contributed by atoms with van der Waals surface area (Å²) in [6.45, 7) is 0. The number of hydrogen-bond donors (Lipinski definition) is 0. The molecule has 1 heterocycles. The number of para-hydroxylation sites is 2. The molecule has 2 aromatic rings. The van der Waals surface area contributed by atoms with Crippen molar-refractivity contribution in [3.63, 3.8) is 0 Å². The number of nitrogens with zero attached hydrogens (tertiary/aromatic N) is 3. The van der Waals surface area contributed by atoms with Crippen molar-refractivity contribution in [2.45, 2.75) is 0 Å². The van der Waals surface area contributed by atoms with Crippen LogP contribution in [0.1, 0.15) is 0 Å². The van der Waals surface area contributed by atoms with E-state index in [0.717, 1.165) is 0 Å². The predicted octanol–water partition coefficient (Wildman–Crippen LogP) is 2.18. The molecule has 0 unspecified atom stereocenters. The fourth-order valence-corrected chi connectivity index (χ4v) is 1.15. The number of hydrogen-bond acceptors (Lipinski definition) is 5. The van der Waals surface area contributed by atoms with Crippen LogP contribution in [0.15, 0.2) is 42.6 Å². The van der Waals surface area contributed by atoms with Gasteiger partial charge in [0.15, 0.2) is 0 Å². The van der Waals surface area contributed by atoms with Gasteiger partial charge in [0, 0.05) is 18.3 Å². The quantitative estimate of drug-likeness (QED) is 0.581. The first kappa shape index (κ1) is 10.0. The van der Waals surface area contributed by atoms with Crippen molar-refractivity contribution in [2.75, 3.05) is 0 Å². The van der Waals surface area contributed by atoms with E-state index in [4.69, 9.17) is 4.74 Å². The fourth-order valence-electron chi connectivity index (χ4n) is 1.15. The number of rotatable bonds is 3. The van der Waals surface area contributed by atoms with Crippen molar-refractivity contribution in [3.05, 3.63) is 52.7 Å². The van der Waals surface area contributed by atoms with Crippen LogP contribution in [0, 0.1) is 10.1 Å². The first-order valence-electron chi connectivity index (χ1n) is 4.46. The van der Waals surface area contributed by atoms with Crippen LogP contribution in [0.25, 0.3) is 0 Å². The summed E-state index contributed by atoms with van der Waals surface area (Å²) in [5.41, 5.74) is -0.104. The molecule has 0 aliphatic heterocycles. The zero-order valence-electron chi connectivity index (χ0n) is 8.11. The minimum Gasteiger partial charge on any atom is -0.430 e. The Hall–Kier alpha value is -2.50. The van der Waals surface area contributed by atoms with E-state index < -0.39 is 4.92 Å². The predicted molar refractivity (Wildman–Crippen MR) is 55.2 cm³/mol. The highest BCUT2D eigenvalue weighted by Gasteiger charge is 2.14. The smallest absolute Gasteiger partial charge is 0.311 e. The van der Waals surface area contributed by atoms with E-state index >= 15 is 0 Å². The first-order valence-corrected chi connectivity index (χ1v) is 4.46. The van der Waals surface area contributed by atoms with Crippen LogP contribution in [0.3, 0.4) is 0 Å². The van der Waals surface area contributed by atoms with Gasteiger partial charge in [0.1, 0.15) is 0 Å². The van der Waals surface area contributed by atoms with E-state index in [1.54, 1.807) is 24.3 Å². The second-order valence-electron chi connectivity index (χ2n) is 2.89. The first-order chi connectivity index (χ1) is 7.77. The molecule has 0 saturated carbocycles. The molecular weight excluding hydrogens is 210 g/mol. The minimum absolute atomic E-state index is 0.104. The molecule has 0 spiro atoms. The average Bonchev–Trinajstić information content (AvgIpc) is 2.31. The van der Waals surface area contributed by atoms with E-state index in [0.29, 0.717) is 0 Å². The van der Waals surface area contributed by atoms with Crippen LogP contribution in [0.2, 0.25) is 0 Å². The lowest BCUT2D eigenvalue weighted by Gasteiger charge is -2.03. The van der Waals surface area contributed by atoms with Gasteiger partial charge in [-0.3, -0.25) is 10.1 Å². The number of benzene rings is 1. The molecule has 0 bridgehead atoms. The van der Waals surface area contributed by atoms with Crippen LogP contribution in [-0.4, -0.2) is 15.1 Å². The third-order valence-corrected chi connectivity index (χ3v) is 1.82. The summed E-state index contributed by atoms with van der Waals surface area (Å²) in [5, 5.41) is 18.0. The molecule has 0 saturated heterocycles. The Morgan fingerprint density at radius 1 is 1.19 bits per heavy atom. The minimum atomic E-state index is -0.508. The van der Waals surface area contributed by atoms with Crippen molar-refractivity contribution < 1.29 is 9.66 Å². The monoisotopic (exact) mass is 217 g/mol. The Bertz CT molecular complexity index is 502. The summed E-state index contributed by atoms with van der Waals surface area (Å²) >= 11 is 0. The molecule has 16 heavy (non-hydrogen) atoms. The Kier molecular flexibility index (Phi) is 2.73. The van der Waals surface area contributed by atoms with Gasteiger partial charge in [0.05, 0.1) is 4.92 Å². The van der Waals surface area contributed by atoms with Crippen molar-refractivity contribution >= 4 is 5.69 Å². The summed E-state index contributed by atoms with van der Waals surface area (Å²) in [6, 6.07) is 9.31. The van der Waals surface area contributed by atoms with E-state index in [1.165, 1.54) is 18.3 Å². The lowest BCUT2D eigenvalue weighted by molar-refractivity contribution is -0.385. The molecule has 1 aromatic carbocycles. The molecule has 0 aliphatic rings. The van der Waals surface area contributed by atoms with Crippen LogP contribution in [-0.2, 0) is 0 Å². The Balaban J connectivity index is 2.31. The molecule has 0 atom stereocenters. The second kappa shape index (κ2) is 4.35. The van der Waals surface area contributed by atoms with Crippen LogP contribution < -0.4 is 4.74 Å². The Morgan fingerprint density at radius 2 is 2.00 bits per heavy atom. The van der Waals surface area contributed by atoms with Crippen molar-refractivity contribution in [1.82, 2.24) is 10.2 Å². The molecule has 0 N–H and O–H groups in total. The topological polar surface area (TPSA) is 78.2 Å². The van der Waals surface area contributed by atoms with E-state index in [-0.39, 0.29) is 17.3 Å². The zero-order chi connectivity index (χ0) is 11.4. The highest BCUT2D eigenvalue weighted by atomic mass is 16.6. The molecule has 6 nitrogen and oxygen atoms in total. The summed E-state index contributed by atoms with van der Waals surface area (Å²) in [6.07, 6.45) is 1.49. The summed E-state index contributed by atoms with van der Waals surface area (Å²) < 4.78 is 5.26. The molecule has 1 aromatic heterocycles. The highest BCUT2D eigenvalue weighted by molar-refractivity contribution is 5.47. The maximum Gasteiger partial charge on any atom is 0.311 e.